The standard InChI is InChI=1S/C26H36N4.C3H7F.C2H6/c1-7-19(2)12-13-20(3)28-16-23-10-8-11-24(21(23)4)22(5)29(6)25(27)30-17-26(18-30)14-9-15-26;1-3(2)4;1-2/h7-8,10-13,27-28H,1,5,9,14-18H2,2-4,6H3;3H,1-2H3;1-2H3/b19-12-,20-13+,27-25?;;. The summed E-state index contributed by atoms with van der Waals surface area (Å²) in [5, 5.41) is 12.1. The summed E-state index contributed by atoms with van der Waals surface area (Å²) in [6.07, 6.45) is 9.32. The Morgan fingerprint density at radius 3 is 2.31 bits per heavy atom. The Morgan fingerprint density at radius 2 is 1.81 bits per heavy atom. The topological polar surface area (TPSA) is 42.4 Å². The van der Waals surface area contributed by atoms with Crippen LogP contribution >= 0.6 is 0 Å². The molecule has 36 heavy (non-hydrogen) atoms. The third-order valence-corrected chi connectivity index (χ3v) is 6.72. The summed E-state index contributed by atoms with van der Waals surface area (Å²) in [5.41, 5.74) is 7.20. The molecule has 3 rings (SSSR count). The molecule has 2 aliphatic rings. The predicted molar refractivity (Wildman–Crippen MR) is 156 cm³/mol. The van der Waals surface area contributed by atoms with E-state index in [0.29, 0.717) is 11.4 Å². The zero-order valence-corrected chi connectivity index (χ0v) is 24.0. The maximum atomic E-state index is 11.0. The van der Waals surface area contributed by atoms with Crippen molar-refractivity contribution in [3.8, 4) is 0 Å². The number of benzene rings is 1. The molecular formula is C31H49FN4. The summed E-state index contributed by atoms with van der Waals surface area (Å²) in [6.45, 7) is 24.2. The number of allylic oxidation sites excluding steroid dienone is 5. The van der Waals surface area contributed by atoms with Gasteiger partial charge in [-0.1, -0.05) is 69.4 Å². The highest BCUT2D eigenvalue weighted by Crippen LogP contribution is 2.48. The third-order valence-electron chi connectivity index (χ3n) is 6.72. The van der Waals surface area contributed by atoms with Crippen LogP contribution in [-0.2, 0) is 6.54 Å². The zero-order valence-electron chi connectivity index (χ0n) is 24.0. The number of halogens is 1. The molecule has 4 nitrogen and oxygen atoms in total. The molecular weight excluding hydrogens is 447 g/mol. The lowest BCUT2D eigenvalue weighted by Gasteiger charge is -2.57. The van der Waals surface area contributed by atoms with Gasteiger partial charge in [-0.25, -0.2) is 4.39 Å². The minimum Gasteiger partial charge on any atom is -0.384 e. The normalized spacial score (nSPS) is 16.0. The van der Waals surface area contributed by atoms with Crippen LogP contribution in [0.4, 0.5) is 4.39 Å². The fourth-order valence-electron chi connectivity index (χ4n) is 4.23. The largest absolute Gasteiger partial charge is 0.384 e. The van der Waals surface area contributed by atoms with Gasteiger partial charge in [0.15, 0.2) is 5.96 Å². The third kappa shape index (κ3) is 8.69. The minimum atomic E-state index is -0.667. The molecule has 1 saturated heterocycles. The summed E-state index contributed by atoms with van der Waals surface area (Å²) in [6, 6.07) is 6.33. The Balaban J connectivity index is 0.000000982. The number of rotatable bonds is 7. The fraction of sp³-hybridized carbons (Fsp3) is 0.516. The first-order chi connectivity index (χ1) is 17.0. The van der Waals surface area contributed by atoms with Gasteiger partial charge in [0, 0.05) is 49.1 Å². The van der Waals surface area contributed by atoms with E-state index in [1.165, 1.54) is 44.2 Å². The number of nitrogens with zero attached hydrogens (tertiary/aromatic N) is 2. The lowest BCUT2D eigenvalue weighted by molar-refractivity contribution is -0.0222. The molecule has 2 N–H and O–H groups in total. The van der Waals surface area contributed by atoms with Crippen molar-refractivity contribution in [3.63, 3.8) is 0 Å². The summed E-state index contributed by atoms with van der Waals surface area (Å²) < 4.78 is 11.0. The van der Waals surface area contributed by atoms with Gasteiger partial charge in [-0.15, -0.1) is 0 Å². The molecule has 2 fully saturated rings. The van der Waals surface area contributed by atoms with Crippen LogP contribution in [0.15, 0.2) is 60.9 Å². The Kier molecular flexibility index (Phi) is 12.7. The van der Waals surface area contributed by atoms with Crippen LogP contribution in [0, 0.1) is 17.7 Å². The Hall–Kier alpha value is -2.82. The van der Waals surface area contributed by atoms with Crippen LogP contribution in [-0.4, -0.2) is 42.1 Å². The molecule has 1 aliphatic carbocycles. The first kappa shape index (κ1) is 31.2. The van der Waals surface area contributed by atoms with E-state index in [0.717, 1.165) is 42.2 Å². The van der Waals surface area contributed by atoms with Gasteiger partial charge in [0.2, 0.25) is 0 Å². The van der Waals surface area contributed by atoms with Crippen LogP contribution < -0.4 is 5.32 Å². The van der Waals surface area contributed by atoms with Gasteiger partial charge >= 0.3 is 0 Å². The van der Waals surface area contributed by atoms with E-state index in [2.05, 4.69) is 67.6 Å². The molecule has 1 aromatic rings. The van der Waals surface area contributed by atoms with Crippen LogP contribution in [0.1, 0.15) is 77.5 Å². The highest BCUT2D eigenvalue weighted by atomic mass is 19.1. The molecule has 0 unspecified atom stereocenters. The number of hydrogen-bond donors (Lipinski definition) is 2. The van der Waals surface area contributed by atoms with Gasteiger partial charge < -0.3 is 15.1 Å². The van der Waals surface area contributed by atoms with Gasteiger partial charge in [0.25, 0.3) is 0 Å². The molecule has 1 aromatic carbocycles. The lowest BCUT2D eigenvalue weighted by Crippen LogP contribution is -2.63. The second kappa shape index (κ2) is 14.7. The molecule has 200 valence electrons. The zero-order chi connectivity index (χ0) is 27.5. The van der Waals surface area contributed by atoms with Crippen LogP contribution in [0.25, 0.3) is 5.70 Å². The van der Waals surface area contributed by atoms with Gasteiger partial charge in [-0.2, -0.15) is 0 Å². The highest BCUT2D eigenvalue weighted by molar-refractivity contribution is 5.87. The van der Waals surface area contributed by atoms with Crippen LogP contribution in [0.5, 0.6) is 0 Å². The van der Waals surface area contributed by atoms with Crippen molar-refractivity contribution in [2.45, 2.75) is 80.4 Å². The summed E-state index contributed by atoms with van der Waals surface area (Å²) >= 11 is 0. The number of hydrogen-bond acceptors (Lipinski definition) is 2. The fourth-order valence-corrected chi connectivity index (χ4v) is 4.23. The molecule has 1 heterocycles. The quantitative estimate of drug-likeness (QED) is 0.230. The summed E-state index contributed by atoms with van der Waals surface area (Å²) in [7, 11) is 1.96. The average Bonchev–Trinajstić information content (AvgIpc) is 2.79. The second-order valence-electron chi connectivity index (χ2n) is 9.96. The van der Waals surface area contributed by atoms with Crippen molar-refractivity contribution in [2.24, 2.45) is 5.41 Å². The maximum Gasteiger partial charge on any atom is 0.198 e. The van der Waals surface area contributed by atoms with Crippen molar-refractivity contribution in [2.75, 3.05) is 20.1 Å². The minimum absolute atomic E-state index is 0.515. The van der Waals surface area contributed by atoms with Crippen molar-refractivity contribution in [3.05, 3.63) is 77.5 Å². The lowest BCUT2D eigenvalue weighted by atomic mass is 9.64. The van der Waals surface area contributed by atoms with Gasteiger partial charge in [-0.05, 0) is 64.7 Å². The van der Waals surface area contributed by atoms with Crippen molar-refractivity contribution in [1.82, 2.24) is 15.1 Å². The monoisotopic (exact) mass is 496 g/mol. The van der Waals surface area contributed by atoms with Gasteiger partial charge in [0.1, 0.15) is 0 Å². The molecule has 0 aromatic heterocycles. The molecule has 1 saturated carbocycles. The number of guanidine groups is 1. The van der Waals surface area contributed by atoms with Gasteiger partial charge in [-0.3, -0.25) is 5.41 Å². The van der Waals surface area contributed by atoms with Crippen molar-refractivity contribution < 1.29 is 4.39 Å². The van der Waals surface area contributed by atoms with E-state index in [1.807, 2.05) is 38.8 Å². The maximum absolute atomic E-state index is 11.0. The number of likely N-dealkylation sites (tertiary alicyclic amines) is 1. The van der Waals surface area contributed by atoms with Crippen LogP contribution in [0.3, 0.4) is 0 Å². The highest BCUT2D eigenvalue weighted by Gasteiger charge is 2.48. The molecule has 0 bridgehead atoms. The van der Waals surface area contributed by atoms with Crippen LogP contribution in [0.2, 0.25) is 0 Å². The van der Waals surface area contributed by atoms with Crippen molar-refractivity contribution in [1.29, 1.82) is 5.41 Å². The van der Waals surface area contributed by atoms with E-state index in [9.17, 15) is 4.39 Å². The number of alkyl halides is 1. The Labute approximate surface area is 220 Å². The van der Waals surface area contributed by atoms with Crippen molar-refractivity contribution >= 4 is 11.7 Å². The van der Waals surface area contributed by atoms with E-state index in [1.54, 1.807) is 0 Å². The first-order valence-electron chi connectivity index (χ1n) is 13.2. The first-order valence-corrected chi connectivity index (χ1v) is 13.2. The van der Waals surface area contributed by atoms with E-state index < -0.39 is 6.17 Å². The second-order valence-corrected chi connectivity index (χ2v) is 9.96. The summed E-state index contributed by atoms with van der Waals surface area (Å²) in [5.74, 6) is 0.559. The molecule has 1 aliphatic heterocycles. The van der Waals surface area contributed by atoms with E-state index in [-0.39, 0.29) is 0 Å². The Morgan fingerprint density at radius 1 is 1.22 bits per heavy atom. The van der Waals surface area contributed by atoms with E-state index >= 15 is 0 Å². The molecule has 0 radical (unpaired) electrons. The predicted octanol–water partition coefficient (Wildman–Crippen LogP) is 7.83. The molecule has 1 spiro atoms. The molecule has 5 heteroatoms. The number of nitrogens with one attached hydrogen (secondary N) is 2. The summed E-state index contributed by atoms with van der Waals surface area (Å²) in [4.78, 5) is 4.11. The SMILES string of the molecule is C=C/C(C)=C\C=C(/C)NCc1cccc(C(=C)N(C)C(=N)N2CC3(CCC3)C2)c1C.CC.CC(C)F. The molecule has 0 atom stereocenters. The molecule has 0 amide bonds. The van der Waals surface area contributed by atoms with E-state index in [4.69, 9.17) is 5.41 Å². The van der Waals surface area contributed by atoms with Gasteiger partial charge in [0.05, 0.1) is 6.17 Å². The smallest absolute Gasteiger partial charge is 0.198 e. The average molecular weight is 497 g/mol. The Bertz CT molecular complexity index is 943.